The van der Waals surface area contributed by atoms with E-state index in [1.165, 1.54) is 12.1 Å². The molecule has 9 heteroatoms. The molecule has 1 aromatic carbocycles. The summed E-state index contributed by atoms with van der Waals surface area (Å²) in [5.74, 6) is -2.02. The summed E-state index contributed by atoms with van der Waals surface area (Å²) in [6.45, 7) is 7.60. The van der Waals surface area contributed by atoms with Crippen LogP contribution in [0.3, 0.4) is 0 Å². The molecule has 0 amide bonds. The number of ether oxygens (including phenoxy) is 1. The Balaban J connectivity index is 2.25. The fourth-order valence-electron chi connectivity index (χ4n) is 2.25. The van der Waals surface area contributed by atoms with Gasteiger partial charge in [0.05, 0.1) is 11.2 Å². The Labute approximate surface area is 144 Å². The molecule has 2 rings (SSSR count). The SMILES string of the molecule is CC1(C)OB(C(=Cc2ccc(OC(F)(F)F)c(F)c2)CN)OC1(C)C. The first-order valence-electron chi connectivity index (χ1n) is 7.66. The molecular weight excluding hydrogens is 341 g/mol. The van der Waals surface area contributed by atoms with E-state index >= 15 is 0 Å². The van der Waals surface area contributed by atoms with Crippen LogP contribution < -0.4 is 10.5 Å². The van der Waals surface area contributed by atoms with Gasteiger partial charge in [-0.3, -0.25) is 0 Å². The first kappa shape index (κ1) is 19.7. The van der Waals surface area contributed by atoms with Gasteiger partial charge in [-0.2, -0.15) is 0 Å². The number of benzene rings is 1. The van der Waals surface area contributed by atoms with E-state index in [-0.39, 0.29) is 6.54 Å². The van der Waals surface area contributed by atoms with Gasteiger partial charge in [0.2, 0.25) is 0 Å². The molecule has 138 valence electrons. The van der Waals surface area contributed by atoms with Crippen LogP contribution in [0.15, 0.2) is 23.7 Å². The van der Waals surface area contributed by atoms with E-state index in [1.807, 2.05) is 27.7 Å². The maximum Gasteiger partial charge on any atom is 0.573 e. The zero-order valence-corrected chi connectivity index (χ0v) is 14.4. The summed E-state index contributed by atoms with van der Waals surface area (Å²) < 4.78 is 65.7. The van der Waals surface area contributed by atoms with Crippen LogP contribution in [0.5, 0.6) is 5.75 Å². The highest BCUT2D eigenvalue weighted by Gasteiger charge is 2.52. The monoisotopic (exact) mass is 361 g/mol. The van der Waals surface area contributed by atoms with Gasteiger partial charge < -0.3 is 19.8 Å². The van der Waals surface area contributed by atoms with Crippen LogP contribution >= 0.6 is 0 Å². The maximum atomic E-state index is 13.8. The van der Waals surface area contributed by atoms with E-state index < -0.39 is 36.2 Å². The number of halogens is 4. The molecule has 0 aliphatic carbocycles. The highest BCUT2D eigenvalue weighted by atomic mass is 19.4. The predicted octanol–water partition coefficient (Wildman–Crippen LogP) is 3.70. The normalized spacial score (nSPS) is 20.0. The van der Waals surface area contributed by atoms with Gasteiger partial charge in [0.15, 0.2) is 11.6 Å². The zero-order chi connectivity index (χ0) is 19.0. The van der Waals surface area contributed by atoms with Crippen LogP contribution in [0.25, 0.3) is 6.08 Å². The molecule has 1 heterocycles. The van der Waals surface area contributed by atoms with Gasteiger partial charge >= 0.3 is 13.5 Å². The summed E-state index contributed by atoms with van der Waals surface area (Å²) in [7, 11) is -0.718. The molecule has 0 spiro atoms. The lowest BCUT2D eigenvalue weighted by atomic mass is 9.77. The topological polar surface area (TPSA) is 53.7 Å². The smallest absolute Gasteiger partial charge is 0.403 e. The van der Waals surface area contributed by atoms with Gasteiger partial charge in [0, 0.05) is 6.54 Å². The molecule has 4 nitrogen and oxygen atoms in total. The van der Waals surface area contributed by atoms with Crippen molar-refractivity contribution < 1.29 is 31.6 Å². The van der Waals surface area contributed by atoms with Crippen LogP contribution in [-0.2, 0) is 9.31 Å². The molecule has 0 atom stereocenters. The third kappa shape index (κ3) is 4.53. The van der Waals surface area contributed by atoms with Gasteiger partial charge in [-0.1, -0.05) is 12.1 Å². The van der Waals surface area contributed by atoms with Gasteiger partial charge in [-0.05, 0) is 50.9 Å². The van der Waals surface area contributed by atoms with Crippen molar-refractivity contribution in [3.05, 3.63) is 35.1 Å². The van der Waals surface area contributed by atoms with Crippen molar-refractivity contribution in [2.24, 2.45) is 5.73 Å². The summed E-state index contributed by atoms with van der Waals surface area (Å²) >= 11 is 0. The van der Waals surface area contributed by atoms with Crippen molar-refractivity contribution in [2.75, 3.05) is 6.54 Å². The van der Waals surface area contributed by atoms with Crippen LogP contribution in [0.2, 0.25) is 0 Å². The van der Waals surface area contributed by atoms with E-state index in [4.69, 9.17) is 15.0 Å². The van der Waals surface area contributed by atoms with E-state index in [0.717, 1.165) is 12.1 Å². The molecule has 1 aromatic rings. The molecule has 1 aliphatic heterocycles. The highest BCUT2D eigenvalue weighted by Crippen LogP contribution is 2.38. The predicted molar refractivity (Wildman–Crippen MR) is 86.2 cm³/mol. The molecule has 0 aromatic heterocycles. The molecule has 1 aliphatic rings. The van der Waals surface area contributed by atoms with E-state index in [9.17, 15) is 17.6 Å². The summed E-state index contributed by atoms with van der Waals surface area (Å²) in [6, 6.07) is 3.14. The molecule has 0 radical (unpaired) electrons. The van der Waals surface area contributed by atoms with Crippen molar-refractivity contribution in [2.45, 2.75) is 45.3 Å². The van der Waals surface area contributed by atoms with Gasteiger partial charge in [0.25, 0.3) is 0 Å². The summed E-state index contributed by atoms with van der Waals surface area (Å²) in [4.78, 5) is 0. The average molecular weight is 361 g/mol. The third-order valence-electron chi connectivity index (χ3n) is 4.33. The lowest BCUT2D eigenvalue weighted by molar-refractivity contribution is -0.275. The number of rotatable bonds is 4. The number of nitrogens with two attached hydrogens (primary N) is 1. The fourth-order valence-corrected chi connectivity index (χ4v) is 2.25. The van der Waals surface area contributed by atoms with Gasteiger partial charge in [0.1, 0.15) is 0 Å². The largest absolute Gasteiger partial charge is 0.573 e. The van der Waals surface area contributed by atoms with E-state index in [2.05, 4.69) is 4.74 Å². The van der Waals surface area contributed by atoms with Crippen LogP contribution in [-0.4, -0.2) is 31.2 Å². The lowest BCUT2D eigenvalue weighted by Gasteiger charge is -2.32. The molecule has 0 saturated carbocycles. The first-order chi connectivity index (χ1) is 11.3. The minimum absolute atomic E-state index is 0.0826. The van der Waals surface area contributed by atoms with Gasteiger partial charge in [-0.25, -0.2) is 4.39 Å². The summed E-state index contributed by atoms with van der Waals surface area (Å²) in [5, 5.41) is 0. The van der Waals surface area contributed by atoms with Crippen molar-refractivity contribution in [1.82, 2.24) is 0 Å². The van der Waals surface area contributed by atoms with Crippen molar-refractivity contribution in [3.63, 3.8) is 0 Å². The molecule has 0 bridgehead atoms. The zero-order valence-electron chi connectivity index (χ0n) is 14.4. The average Bonchev–Trinajstić information content (AvgIpc) is 2.66. The maximum absolute atomic E-state index is 13.8. The number of alkyl halides is 3. The molecular formula is C16H20BF4NO3. The molecule has 0 unspecified atom stereocenters. The second-order valence-electron chi connectivity index (χ2n) is 6.75. The Hall–Kier alpha value is -1.58. The Morgan fingerprint density at radius 3 is 2.20 bits per heavy atom. The van der Waals surface area contributed by atoms with E-state index in [0.29, 0.717) is 11.0 Å². The van der Waals surface area contributed by atoms with Crippen LogP contribution in [0.4, 0.5) is 17.6 Å². The molecule has 1 saturated heterocycles. The quantitative estimate of drug-likeness (QED) is 0.657. The minimum Gasteiger partial charge on any atom is -0.403 e. The standard InChI is InChI=1S/C16H20BF4NO3/c1-14(2)15(3,4)25-17(24-14)11(9-22)7-10-5-6-13(12(18)8-10)23-16(19,20)21/h5-8H,9,22H2,1-4H3. The Bertz CT molecular complexity index is 658. The molecule has 2 N–H and O–H groups in total. The van der Waals surface area contributed by atoms with Gasteiger partial charge in [-0.15, -0.1) is 13.2 Å². The Morgan fingerprint density at radius 2 is 1.76 bits per heavy atom. The lowest BCUT2D eigenvalue weighted by Crippen LogP contribution is -2.41. The summed E-state index contributed by atoms with van der Waals surface area (Å²) in [6.07, 6.45) is -3.42. The second kappa shape index (κ2) is 6.62. The first-order valence-corrected chi connectivity index (χ1v) is 7.66. The minimum atomic E-state index is -4.96. The fraction of sp³-hybridized carbons (Fsp3) is 0.500. The summed E-state index contributed by atoms with van der Waals surface area (Å²) in [5.41, 5.74) is 5.46. The third-order valence-corrected chi connectivity index (χ3v) is 4.33. The number of hydrogen-bond donors (Lipinski definition) is 1. The van der Waals surface area contributed by atoms with Crippen LogP contribution in [0.1, 0.15) is 33.3 Å². The Kier molecular flexibility index (Phi) is 5.23. The highest BCUT2D eigenvalue weighted by molar-refractivity contribution is 6.55. The van der Waals surface area contributed by atoms with Crippen molar-refractivity contribution in [1.29, 1.82) is 0 Å². The van der Waals surface area contributed by atoms with E-state index in [1.54, 1.807) is 0 Å². The van der Waals surface area contributed by atoms with Crippen molar-refractivity contribution >= 4 is 13.2 Å². The molecule has 25 heavy (non-hydrogen) atoms. The second-order valence-corrected chi connectivity index (χ2v) is 6.75. The number of hydrogen-bond acceptors (Lipinski definition) is 4. The molecule has 1 fully saturated rings. The van der Waals surface area contributed by atoms with Crippen molar-refractivity contribution in [3.8, 4) is 5.75 Å². The Morgan fingerprint density at radius 1 is 1.20 bits per heavy atom. The van der Waals surface area contributed by atoms with Crippen LogP contribution in [0, 0.1) is 5.82 Å².